The standard InChI is InChI=1S/C15H14BrNOS/c16-8-12-5-6-13(9-17-12)18-10-14-7-11-3-1-2-4-15(11)19-14/h1-6,9,14H,7-8,10H2. The molecular weight excluding hydrogens is 322 g/mol. The quantitative estimate of drug-likeness (QED) is 0.786. The number of rotatable bonds is 4. The van der Waals surface area contributed by atoms with Crippen LogP contribution in [0.1, 0.15) is 11.3 Å². The number of thioether (sulfide) groups is 1. The molecule has 1 aliphatic rings. The van der Waals surface area contributed by atoms with Gasteiger partial charge in [-0.1, -0.05) is 34.1 Å². The van der Waals surface area contributed by atoms with Crippen LogP contribution in [0.3, 0.4) is 0 Å². The Balaban J connectivity index is 1.56. The Morgan fingerprint density at radius 2 is 2.16 bits per heavy atom. The second-order valence-electron chi connectivity index (χ2n) is 4.48. The maximum Gasteiger partial charge on any atom is 0.137 e. The first kappa shape index (κ1) is 13.0. The molecule has 0 saturated heterocycles. The van der Waals surface area contributed by atoms with Gasteiger partial charge in [-0.15, -0.1) is 11.8 Å². The molecule has 4 heteroatoms. The zero-order valence-electron chi connectivity index (χ0n) is 10.4. The van der Waals surface area contributed by atoms with E-state index in [4.69, 9.17) is 4.74 Å². The van der Waals surface area contributed by atoms with Gasteiger partial charge in [-0.2, -0.15) is 0 Å². The van der Waals surface area contributed by atoms with E-state index in [9.17, 15) is 0 Å². The molecule has 98 valence electrons. The first-order chi connectivity index (χ1) is 9.35. The molecule has 1 aromatic heterocycles. The Kier molecular flexibility index (Phi) is 4.09. The summed E-state index contributed by atoms with van der Waals surface area (Å²) in [7, 11) is 0. The Bertz CT molecular complexity index is 533. The SMILES string of the molecule is BrCc1ccc(OCC2Cc3ccccc3S2)cn1. The van der Waals surface area contributed by atoms with Gasteiger partial charge in [-0.25, -0.2) is 0 Å². The first-order valence-electron chi connectivity index (χ1n) is 6.23. The Labute approximate surface area is 125 Å². The predicted octanol–water partition coefficient (Wildman–Crippen LogP) is 4.07. The molecular formula is C15H14BrNOS. The minimum Gasteiger partial charge on any atom is -0.491 e. The fraction of sp³-hybridized carbons (Fsp3) is 0.267. The van der Waals surface area contributed by atoms with Crippen LogP contribution in [0, 0.1) is 0 Å². The lowest BCUT2D eigenvalue weighted by atomic mass is 10.1. The van der Waals surface area contributed by atoms with Gasteiger partial charge in [0.2, 0.25) is 0 Å². The molecule has 2 nitrogen and oxygen atoms in total. The summed E-state index contributed by atoms with van der Waals surface area (Å²) >= 11 is 5.29. The van der Waals surface area contributed by atoms with Crippen molar-refractivity contribution >= 4 is 27.7 Å². The molecule has 19 heavy (non-hydrogen) atoms. The third kappa shape index (κ3) is 3.12. The highest BCUT2D eigenvalue weighted by Gasteiger charge is 2.22. The zero-order chi connectivity index (χ0) is 13.1. The molecule has 0 fully saturated rings. The van der Waals surface area contributed by atoms with Crippen molar-refractivity contribution in [2.24, 2.45) is 0 Å². The number of nitrogens with zero attached hydrogens (tertiary/aromatic N) is 1. The van der Waals surface area contributed by atoms with Crippen LogP contribution in [0.5, 0.6) is 5.75 Å². The summed E-state index contributed by atoms with van der Waals surface area (Å²) in [5.41, 5.74) is 2.46. The minimum atomic E-state index is 0.508. The maximum atomic E-state index is 5.82. The lowest BCUT2D eigenvalue weighted by Gasteiger charge is -2.10. The van der Waals surface area contributed by atoms with Crippen LogP contribution in [0.2, 0.25) is 0 Å². The predicted molar refractivity (Wildman–Crippen MR) is 82.2 cm³/mol. The van der Waals surface area contributed by atoms with Gasteiger partial charge in [-0.3, -0.25) is 4.98 Å². The summed E-state index contributed by atoms with van der Waals surface area (Å²) in [6, 6.07) is 12.6. The normalized spacial score (nSPS) is 17.2. The molecule has 0 N–H and O–H groups in total. The van der Waals surface area contributed by atoms with Crippen molar-refractivity contribution in [1.82, 2.24) is 4.98 Å². The van der Waals surface area contributed by atoms with Crippen molar-refractivity contribution in [1.29, 1.82) is 0 Å². The molecule has 2 heterocycles. The zero-order valence-corrected chi connectivity index (χ0v) is 12.8. The van der Waals surface area contributed by atoms with E-state index in [-0.39, 0.29) is 0 Å². The number of benzene rings is 1. The molecule has 3 rings (SSSR count). The van der Waals surface area contributed by atoms with Gasteiger partial charge in [0.05, 0.1) is 11.9 Å². The van der Waals surface area contributed by atoms with Crippen LogP contribution in [-0.4, -0.2) is 16.8 Å². The van der Waals surface area contributed by atoms with E-state index in [1.807, 2.05) is 23.9 Å². The van der Waals surface area contributed by atoms with E-state index in [0.29, 0.717) is 5.25 Å². The monoisotopic (exact) mass is 335 g/mol. The summed E-state index contributed by atoms with van der Waals surface area (Å²) in [4.78, 5) is 5.70. The molecule has 2 aromatic rings. The minimum absolute atomic E-state index is 0.508. The van der Waals surface area contributed by atoms with E-state index in [1.165, 1.54) is 10.5 Å². The molecule has 0 aliphatic carbocycles. The molecule has 1 aromatic carbocycles. The Morgan fingerprint density at radius 3 is 2.89 bits per heavy atom. The fourth-order valence-corrected chi connectivity index (χ4v) is 3.66. The molecule has 1 aliphatic heterocycles. The van der Waals surface area contributed by atoms with Crippen molar-refractivity contribution in [3.63, 3.8) is 0 Å². The van der Waals surface area contributed by atoms with Crippen LogP contribution >= 0.6 is 27.7 Å². The van der Waals surface area contributed by atoms with Crippen molar-refractivity contribution in [2.45, 2.75) is 21.9 Å². The van der Waals surface area contributed by atoms with E-state index >= 15 is 0 Å². The molecule has 0 spiro atoms. The van der Waals surface area contributed by atoms with Crippen molar-refractivity contribution in [2.75, 3.05) is 6.61 Å². The average Bonchev–Trinajstić information content (AvgIpc) is 2.88. The van der Waals surface area contributed by atoms with Gasteiger partial charge in [0, 0.05) is 15.5 Å². The molecule has 0 saturated carbocycles. The summed E-state index contributed by atoms with van der Waals surface area (Å²) < 4.78 is 5.82. The van der Waals surface area contributed by atoms with E-state index < -0.39 is 0 Å². The highest BCUT2D eigenvalue weighted by atomic mass is 79.9. The van der Waals surface area contributed by atoms with Crippen molar-refractivity contribution in [3.8, 4) is 5.75 Å². The number of halogens is 1. The van der Waals surface area contributed by atoms with Crippen LogP contribution in [-0.2, 0) is 11.8 Å². The van der Waals surface area contributed by atoms with E-state index in [2.05, 4.69) is 45.2 Å². The molecule has 0 radical (unpaired) electrons. The molecule has 1 atom stereocenters. The average molecular weight is 336 g/mol. The van der Waals surface area contributed by atoms with Crippen LogP contribution < -0.4 is 4.74 Å². The number of alkyl halides is 1. The highest BCUT2D eigenvalue weighted by Crippen LogP contribution is 2.36. The molecule has 1 unspecified atom stereocenters. The third-order valence-corrected chi connectivity index (χ3v) is 4.95. The number of aromatic nitrogens is 1. The summed E-state index contributed by atoms with van der Waals surface area (Å²) in [5, 5.41) is 1.29. The van der Waals surface area contributed by atoms with Gasteiger partial charge < -0.3 is 4.74 Å². The molecule has 0 bridgehead atoms. The van der Waals surface area contributed by atoms with Crippen molar-refractivity contribution < 1.29 is 4.74 Å². The van der Waals surface area contributed by atoms with Crippen molar-refractivity contribution in [3.05, 3.63) is 53.9 Å². The van der Waals surface area contributed by atoms with Gasteiger partial charge in [0.25, 0.3) is 0 Å². The van der Waals surface area contributed by atoms with Crippen LogP contribution in [0.4, 0.5) is 0 Å². The number of ether oxygens (including phenoxy) is 1. The number of pyridine rings is 1. The number of fused-ring (bicyclic) bond motifs is 1. The maximum absolute atomic E-state index is 5.82. The van der Waals surface area contributed by atoms with Gasteiger partial charge >= 0.3 is 0 Å². The largest absolute Gasteiger partial charge is 0.491 e. The van der Waals surface area contributed by atoms with E-state index in [0.717, 1.165) is 29.8 Å². The molecule has 0 amide bonds. The third-order valence-electron chi connectivity index (χ3n) is 3.08. The van der Waals surface area contributed by atoms with Crippen LogP contribution in [0.15, 0.2) is 47.5 Å². The topological polar surface area (TPSA) is 22.1 Å². The van der Waals surface area contributed by atoms with Crippen LogP contribution in [0.25, 0.3) is 0 Å². The Morgan fingerprint density at radius 1 is 1.26 bits per heavy atom. The second kappa shape index (κ2) is 5.97. The summed E-state index contributed by atoms with van der Waals surface area (Å²) in [6.07, 6.45) is 2.89. The fourth-order valence-electron chi connectivity index (χ4n) is 2.11. The van der Waals surface area contributed by atoms with Gasteiger partial charge in [0.1, 0.15) is 12.4 Å². The van der Waals surface area contributed by atoms with Gasteiger partial charge in [0.15, 0.2) is 0 Å². The number of hydrogen-bond acceptors (Lipinski definition) is 3. The lowest BCUT2D eigenvalue weighted by Crippen LogP contribution is -2.13. The summed E-state index contributed by atoms with van der Waals surface area (Å²) in [5.74, 6) is 0.848. The Hall–Kier alpha value is -1.00. The number of hydrogen-bond donors (Lipinski definition) is 0. The first-order valence-corrected chi connectivity index (χ1v) is 8.23. The lowest BCUT2D eigenvalue weighted by molar-refractivity contribution is 0.316. The highest BCUT2D eigenvalue weighted by molar-refractivity contribution is 9.08. The van der Waals surface area contributed by atoms with Gasteiger partial charge in [-0.05, 0) is 30.2 Å². The second-order valence-corrected chi connectivity index (χ2v) is 6.38. The smallest absolute Gasteiger partial charge is 0.137 e. The summed E-state index contributed by atoms with van der Waals surface area (Å²) in [6.45, 7) is 0.731. The van der Waals surface area contributed by atoms with E-state index in [1.54, 1.807) is 6.20 Å².